The normalized spacial score (nSPS) is 11.0. The number of hydroxylamine groups is 1. The molecule has 0 spiro atoms. The molecule has 0 saturated carbocycles. The number of hydrogen-bond donors (Lipinski definition) is 4. The largest absolute Gasteiger partial charge is 0.369 e. The smallest absolute Gasteiger partial charge is 0.243 e. The Labute approximate surface area is 231 Å². The summed E-state index contributed by atoms with van der Waals surface area (Å²) in [4.78, 5) is 39.9. The van der Waals surface area contributed by atoms with Crippen LogP contribution in [0.4, 0.5) is 16.8 Å². The van der Waals surface area contributed by atoms with Gasteiger partial charge in [-0.1, -0.05) is 41.5 Å². The van der Waals surface area contributed by atoms with Crippen molar-refractivity contribution in [3.05, 3.63) is 57.3 Å². The van der Waals surface area contributed by atoms with E-state index in [2.05, 4.69) is 37.5 Å². The maximum atomic E-state index is 12.8. The molecule has 1 amide bonds. The summed E-state index contributed by atoms with van der Waals surface area (Å²) in [6.45, 7) is 6.21. The van der Waals surface area contributed by atoms with Crippen molar-refractivity contribution < 1.29 is 14.8 Å². The van der Waals surface area contributed by atoms with Crippen LogP contribution in [0.25, 0.3) is 0 Å². The van der Waals surface area contributed by atoms with Gasteiger partial charge in [0, 0.05) is 37.0 Å². The zero-order chi connectivity index (χ0) is 27.5. The minimum Gasteiger partial charge on any atom is -0.369 e. The summed E-state index contributed by atoms with van der Waals surface area (Å²) in [5.41, 5.74) is 3.48. The van der Waals surface area contributed by atoms with Crippen molar-refractivity contribution in [2.75, 3.05) is 37.3 Å². The van der Waals surface area contributed by atoms with Crippen LogP contribution in [0.15, 0.2) is 30.5 Å². The highest BCUT2D eigenvalue weighted by Gasteiger charge is 2.15. The van der Waals surface area contributed by atoms with Gasteiger partial charge in [0.2, 0.25) is 5.91 Å². The van der Waals surface area contributed by atoms with Crippen LogP contribution >= 0.6 is 22.9 Å². The van der Waals surface area contributed by atoms with Crippen molar-refractivity contribution in [2.45, 2.75) is 46.0 Å². The number of carbonyl (C=O) groups excluding carboxylic acids is 2. The van der Waals surface area contributed by atoms with Gasteiger partial charge < -0.3 is 15.5 Å². The molecule has 0 aliphatic rings. The molecule has 12 heteroatoms. The average molecular weight is 560 g/mol. The van der Waals surface area contributed by atoms with Gasteiger partial charge in [-0.3, -0.25) is 14.8 Å². The summed E-state index contributed by atoms with van der Waals surface area (Å²) in [5, 5.41) is 16.2. The van der Waals surface area contributed by atoms with E-state index in [0.717, 1.165) is 43.5 Å². The molecule has 2 aromatic heterocycles. The van der Waals surface area contributed by atoms with Gasteiger partial charge in [0.1, 0.15) is 17.5 Å². The van der Waals surface area contributed by atoms with Crippen molar-refractivity contribution in [1.82, 2.24) is 25.3 Å². The Hall–Kier alpha value is -3.12. The third-order valence-corrected chi connectivity index (χ3v) is 7.22. The number of rotatable bonds is 15. The molecule has 4 N–H and O–H groups in total. The van der Waals surface area contributed by atoms with Gasteiger partial charge in [-0.05, 0) is 57.5 Å². The van der Waals surface area contributed by atoms with Crippen molar-refractivity contribution >= 4 is 51.4 Å². The minimum atomic E-state index is -0.344. The number of aromatic nitrogens is 3. The number of hydrogen-bond acceptors (Lipinski definition) is 10. The number of thiazole rings is 1. The van der Waals surface area contributed by atoms with E-state index in [0.29, 0.717) is 45.5 Å². The highest BCUT2D eigenvalue weighted by molar-refractivity contribution is 7.17. The summed E-state index contributed by atoms with van der Waals surface area (Å²) in [5.74, 6) is 1.53. The van der Waals surface area contributed by atoms with E-state index in [9.17, 15) is 9.59 Å². The molecule has 0 atom stereocenters. The molecule has 2 heterocycles. The standard InChI is InChI=1S/C26H34ClN7O3S/c1-17-8-7-9-20(27)19(17)14-21(35)22-16-29-26(38-22)32-24-15-23(30-18(2)31-24)28-11-13-34(3)12-6-4-5-10-25(36)33-37/h7-9,15-16,37H,4-6,10-14H2,1-3H3,(H,33,36)(H2,28,29,30,31,32). The molecule has 0 aliphatic heterocycles. The SMILES string of the molecule is Cc1nc(NCCN(C)CCCCCC(=O)NO)cc(Nc2ncc(C(=O)Cc3c(C)cccc3Cl)s2)n1. The quantitative estimate of drug-likeness (QED) is 0.0898. The second-order valence-electron chi connectivity index (χ2n) is 9.05. The molecule has 3 aromatic rings. The molecule has 0 saturated heterocycles. The van der Waals surface area contributed by atoms with Crippen LogP contribution < -0.4 is 16.1 Å². The van der Waals surface area contributed by atoms with Gasteiger partial charge in [0.15, 0.2) is 10.9 Å². The lowest BCUT2D eigenvalue weighted by Gasteiger charge is -2.17. The maximum absolute atomic E-state index is 12.8. The number of benzene rings is 1. The number of amides is 1. The number of carbonyl (C=O) groups is 2. The molecule has 0 fully saturated rings. The molecule has 0 unspecified atom stereocenters. The van der Waals surface area contributed by atoms with Crippen LogP contribution in [0.5, 0.6) is 0 Å². The predicted molar refractivity (Wildman–Crippen MR) is 151 cm³/mol. The third-order valence-electron chi connectivity index (χ3n) is 5.91. The van der Waals surface area contributed by atoms with Crippen LogP contribution in [0.1, 0.15) is 52.3 Å². The van der Waals surface area contributed by atoms with Crippen molar-refractivity contribution in [3.63, 3.8) is 0 Å². The van der Waals surface area contributed by atoms with Gasteiger partial charge in [-0.25, -0.2) is 20.4 Å². The molecule has 1 aromatic carbocycles. The van der Waals surface area contributed by atoms with Gasteiger partial charge in [0.05, 0.1) is 11.1 Å². The number of unbranched alkanes of at least 4 members (excludes halogenated alkanes) is 2. The lowest BCUT2D eigenvalue weighted by atomic mass is 10.0. The van der Waals surface area contributed by atoms with E-state index in [-0.39, 0.29) is 18.1 Å². The fourth-order valence-corrected chi connectivity index (χ4v) is 4.87. The zero-order valence-electron chi connectivity index (χ0n) is 21.9. The number of halogens is 1. The Morgan fingerprint density at radius 3 is 2.66 bits per heavy atom. The van der Waals surface area contributed by atoms with E-state index in [1.807, 2.05) is 32.0 Å². The van der Waals surface area contributed by atoms with Crippen molar-refractivity contribution in [3.8, 4) is 0 Å². The Morgan fingerprint density at radius 1 is 1.11 bits per heavy atom. The average Bonchev–Trinajstić information content (AvgIpc) is 3.34. The first-order chi connectivity index (χ1) is 18.2. The van der Waals surface area contributed by atoms with Crippen LogP contribution in [0.2, 0.25) is 5.02 Å². The monoisotopic (exact) mass is 559 g/mol. The first kappa shape index (κ1) is 29.4. The highest BCUT2D eigenvalue weighted by Crippen LogP contribution is 2.26. The molecular formula is C26H34ClN7O3S. The second kappa shape index (κ2) is 14.7. The minimum absolute atomic E-state index is 0.0345. The molecule has 0 radical (unpaired) electrons. The van der Waals surface area contributed by atoms with E-state index >= 15 is 0 Å². The molecule has 0 bridgehead atoms. The number of ketones is 1. The van der Waals surface area contributed by atoms with Gasteiger partial charge >= 0.3 is 0 Å². The number of nitrogens with zero attached hydrogens (tertiary/aromatic N) is 4. The number of Topliss-reactive ketones (excluding diaryl/α,β-unsaturated/α-hetero) is 1. The first-order valence-corrected chi connectivity index (χ1v) is 13.7. The highest BCUT2D eigenvalue weighted by atomic mass is 35.5. The summed E-state index contributed by atoms with van der Waals surface area (Å²) < 4.78 is 0. The Kier molecular flexibility index (Phi) is 11.4. The first-order valence-electron chi connectivity index (χ1n) is 12.5. The lowest BCUT2D eigenvalue weighted by Crippen LogP contribution is -2.26. The molecule has 38 heavy (non-hydrogen) atoms. The lowest BCUT2D eigenvalue weighted by molar-refractivity contribution is -0.129. The van der Waals surface area contributed by atoms with Gasteiger partial charge in [-0.2, -0.15) is 0 Å². The fraction of sp³-hybridized carbons (Fsp3) is 0.423. The molecule has 10 nitrogen and oxygen atoms in total. The molecule has 204 valence electrons. The summed E-state index contributed by atoms with van der Waals surface area (Å²) >= 11 is 7.56. The van der Waals surface area contributed by atoms with E-state index < -0.39 is 0 Å². The van der Waals surface area contributed by atoms with E-state index in [4.69, 9.17) is 16.8 Å². The Balaban J connectivity index is 1.48. The van der Waals surface area contributed by atoms with Crippen LogP contribution in [0.3, 0.4) is 0 Å². The zero-order valence-corrected chi connectivity index (χ0v) is 23.5. The Bertz CT molecular complexity index is 1220. The van der Waals surface area contributed by atoms with Gasteiger partial charge in [-0.15, -0.1) is 0 Å². The van der Waals surface area contributed by atoms with Crippen molar-refractivity contribution in [2.24, 2.45) is 0 Å². The molecule has 0 aliphatic carbocycles. The number of likely N-dealkylation sites (N-methyl/N-ethyl adjacent to an activating group) is 1. The van der Waals surface area contributed by atoms with Crippen molar-refractivity contribution in [1.29, 1.82) is 0 Å². The second-order valence-corrected chi connectivity index (χ2v) is 10.5. The van der Waals surface area contributed by atoms with E-state index in [1.54, 1.807) is 17.7 Å². The fourth-order valence-electron chi connectivity index (χ4n) is 3.82. The number of anilines is 3. The maximum Gasteiger partial charge on any atom is 0.243 e. The van der Waals surface area contributed by atoms with Crippen LogP contribution in [-0.4, -0.2) is 63.4 Å². The van der Waals surface area contributed by atoms with Gasteiger partial charge in [0.25, 0.3) is 0 Å². The summed E-state index contributed by atoms with van der Waals surface area (Å²) in [7, 11) is 2.05. The number of aryl methyl sites for hydroxylation is 2. The molecule has 3 rings (SSSR count). The van der Waals surface area contributed by atoms with Crippen LogP contribution in [0, 0.1) is 13.8 Å². The molecular weight excluding hydrogens is 526 g/mol. The topological polar surface area (TPSA) is 132 Å². The Morgan fingerprint density at radius 2 is 1.89 bits per heavy atom. The van der Waals surface area contributed by atoms with E-state index in [1.165, 1.54) is 11.3 Å². The third kappa shape index (κ3) is 9.32. The number of nitrogens with one attached hydrogen (secondary N) is 3. The van der Waals surface area contributed by atoms with Crippen LogP contribution in [-0.2, 0) is 11.2 Å². The predicted octanol–water partition coefficient (Wildman–Crippen LogP) is 4.78. The summed E-state index contributed by atoms with van der Waals surface area (Å²) in [6.07, 6.45) is 4.80. The summed E-state index contributed by atoms with van der Waals surface area (Å²) in [6, 6.07) is 7.43.